The fraction of sp³-hybridized carbons (Fsp3) is 0.250. The summed E-state index contributed by atoms with van der Waals surface area (Å²) in [6.07, 6.45) is 0. The van der Waals surface area contributed by atoms with Gasteiger partial charge in [0.1, 0.15) is 17.2 Å². The number of hydrogen-bond donors (Lipinski definition) is 2. The molecular weight excluding hydrogens is 414 g/mol. The second kappa shape index (κ2) is 8.67. The maximum Gasteiger partial charge on any atom is 0.269 e. The molecule has 1 aromatic carbocycles. The van der Waals surface area contributed by atoms with Crippen LogP contribution in [0.3, 0.4) is 0 Å². The van der Waals surface area contributed by atoms with E-state index in [2.05, 4.69) is 15.6 Å². The van der Waals surface area contributed by atoms with Crippen molar-refractivity contribution in [2.75, 3.05) is 5.32 Å². The highest BCUT2D eigenvalue weighted by Crippen LogP contribution is 2.28. The molecule has 0 atom stereocenters. The Morgan fingerprint density at radius 2 is 1.93 bits per heavy atom. The smallest absolute Gasteiger partial charge is 0.269 e. The van der Waals surface area contributed by atoms with Crippen LogP contribution in [0.1, 0.15) is 26.5 Å². The molecule has 3 rings (SSSR count). The van der Waals surface area contributed by atoms with Crippen molar-refractivity contribution in [2.45, 2.75) is 32.9 Å². The van der Waals surface area contributed by atoms with Crippen molar-refractivity contribution in [3.8, 4) is 17.2 Å². The van der Waals surface area contributed by atoms with E-state index in [1.807, 2.05) is 0 Å². The van der Waals surface area contributed by atoms with E-state index in [4.69, 9.17) is 20.8 Å². The van der Waals surface area contributed by atoms with Gasteiger partial charge in [0.15, 0.2) is 16.5 Å². The van der Waals surface area contributed by atoms with Gasteiger partial charge in [0, 0.05) is 17.3 Å². The Hall–Kier alpha value is -2.84. The average Bonchev–Trinajstić information content (AvgIpc) is 3.31. The summed E-state index contributed by atoms with van der Waals surface area (Å²) in [5, 5.41) is 8.24. The van der Waals surface area contributed by atoms with Crippen molar-refractivity contribution in [1.29, 1.82) is 0 Å². The molecule has 9 heteroatoms. The molecule has 3 aromatic rings. The molecule has 2 heterocycles. The number of aromatic nitrogens is 1. The summed E-state index contributed by atoms with van der Waals surface area (Å²) in [6.45, 7) is 5.09. The van der Waals surface area contributed by atoms with Crippen molar-refractivity contribution < 1.29 is 18.7 Å². The van der Waals surface area contributed by atoms with Crippen molar-refractivity contribution in [3.63, 3.8) is 0 Å². The number of furan rings is 1. The molecule has 2 N–H and O–H groups in total. The van der Waals surface area contributed by atoms with Crippen LogP contribution in [0.25, 0.3) is 11.5 Å². The summed E-state index contributed by atoms with van der Waals surface area (Å²) in [6, 6.07) is 10.3. The van der Waals surface area contributed by atoms with E-state index in [9.17, 15) is 9.59 Å². The zero-order valence-electron chi connectivity index (χ0n) is 16.1. The molecule has 29 heavy (non-hydrogen) atoms. The minimum absolute atomic E-state index is 0.134. The standard InChI is InChI=1S/C20H20ClN3O4S/c1-12(25)22-10-15-8-9-17(27-15)16-11-29-19(23-16)24-18(26)20(2,3)28-14-6-4-13(21)5-7-14/h4-9,11H,10H2,1-3H3,(H,22,25)(H,23,24,26). The summed E-state index contributed by atoms with van der Waals surface area (Å²) in [5.41, 5.74) is -0.522. The van der Waals surface area contributed by atoms with Crippen LogP contribution in [0.15, 0.2) is 46.2 Å². The average molecular weight is 434 g/mol. The number of nitrogens with zero attached hydrogens (tertiary/aromatic N) is 1. The highest BCUT2D eigenvalue weighted by molar-refractivity contribution is 7.14. The molecule has 152 valence electrons. The molecule has 0 radical (unpaired) electrons. The second-order valence-electron chi connectivity index (χ2n) is 6.73. The summed E-state index contributed by atoms with van der Waals surface area (Å²) in [4.78, 5) is 28.0. The zero-order chi connectivity index (χ0) is 21.0. The van der Waals surface area contributed by atoms with Crippen molar-refractivity contribution in [3.05, 3.63) is 52.6 Å². The molecule has 0 fully saturated rings. The highest BCUT2D eigenvalue weighted by atomic mass is 35.5. The van der Waals surface area contributed by atoms with Gasteiger partial charge < -0.3 is 14.5 Å². The Balaban J connectivity index is 1.63. The molecule has 2 aromatic heterocycles. The van der Waals surface area contributed by atoms with Gasteiger partial charge in [0.25, 0.3) is 5.91 Å². The lowest BCUT2D eigenvalue weighted by atomic mass is 10.1. The van der Waals surface area contributed by atoms with Crippen LogP contribution >= 0.6 is 22.9 Å². The number of hydrogen-bond acceptors (Lipinski definition) is 6. The fourth-order valence-corrected chi connectivity index (χ4v) is 3.18. The zero-order valence-corrected chi connectivity index (χ0v) is 17.7. The van der Waals surface area contributed by atoms with Crippen LogP contribution in [0, 0.1) is 0 Å². The molecule has 7 nitrogen and oxygen atoms in total. The van der Waals surface area contributed by atoms with Gasteiger partial charge in [-0.3, -0.25) is 14.9 Å². The van der Waals surface area contributed by atoms with E-state index in [0.29, 0.717) is 39.7 Å². The van der Waals surface area contributed by atoms with E-state index in [1.54, 1.807) is 55.6 Å². The lowest BCUT2D eigenvalue weighted by molar-refractivity contribution is -0.128. The highest BCUT2D eigenvalue weighted by Gasteiger charge is 2.31. The van der Waals surface area contributed by atoms with Crippen LogP contribution in [-0.2, 0) is 16.1 Å². The lowest BCUT2D eigenvalue weighted by Gasteiger charge is -2.24. The van der Waals surface area contributed by atoms with E-state index >= 15 is 0 Å². The molecule has 0 bridgehead atoms. The number of thiazole rings is 1. The fourth-order valence-electron chi connectivity index (χ4n) is 2.36. The molecule has 0 unspecified atom stereocenters. The number of benzene rings is 1. The quantitative estimate of drug-likeness (QED) is 0.572. The van der Waals surface area contributed by atoms with Crippen LogP contribution in [0.2, 0.25) is 5.02 Å². The van der Waals surface area contributed by atoms with Crippen molar-refractivity contribution in [1.82, 2.24) is 10.3 Å². The largest absolute Gasteiger partial charge is 0.478 e. The van der Waals surface area contributed by atoms with Gasteiger partial charge in [-0.25, -0.2) is 4.98 Å². The van der Waals surface area contributed by atoms with Gasteiger partial charge in [-0.1, -0.05) is 11.6 Å². The predicted molar refractivity (Wildman–Crippen MR) is 112 cm³/mol. The number of carbonyl (C=O) groups is 2. The van der Waals surface area contributed by atoms with Gasteiger partial charge in [0.2, 0.25) is 5.91 Å². The molecule has 0 saturated heterocycles. The van der Waals surface area contributed by atoms with Crippen LogP contribution < -0.4 is 15.4 Å². The van der Waals surface area contributed by atoms with Crippen molar-refractivity contribution >= 4 is 39.9 Å². The van der Waals surface area contributed by atoms with E-state index in [-0.39, 0.29) is 11.8 Å². The number of ether oxygens (including phenoxy) is 1. The Morgan fingerprint density at radius 1 is 1.21 bits per heavy atom. The molecule has 0 aliphatic rings. The minimum atomic E-state index is -1.12. The summed E-state index contributed by atoms with van der Waals surface area (Å²) in [7, 11) is 0. The van der Waals surface area contributed by atoms with E-state index < -0.39 is 5.60 Å². The van der Waals surface area contributed by atoms with E-state index in [1.165, 1.54) is 18.3 Å². The molecule has 0 saturated carbocycles. The van der Waals surface area contributed by atoms with Crippen LogP contribution in [0.4, 0.5) is 5.13 Å². The Bertz CT molecular complexity index is 1010. The van der Waals surface area contributed by atoms with Gasteiger partial charge in [-0.05, 0) is 50.2 Å². The van der Waals surface area contributed by atoms with Gasteiger partial charge in [-0.15, -0.1) is 11.3 Å². The second-order valence-corrected chi connectivity index (χ2v) is 8.03. The van der Waals surface area contributed by atoms with Gasteiger partial charge in [0.05, 0.1) is 6.54 Å². The van der Waals surface area contributed by atoms with Gasteiger partial charge in [-0.2, -0.15) is 0 Å². The number of nitrogens with one attached hydrogen (secondary N) is 2. The predicted octanol–water partition coefficient (Wildman–Crippen LogP) is 4.49. The van der Waals surface area contributed by atoms with Crippen molar-refractivity contribution in [2.24, 2.45) is 0 Å². The topological polar surface area (TPSA) is 93.5 Å². The molecule has 0 aliphatic carbocycles. The number of amides is 2. The summed E-state index contributed by atoms with van der Waals surface area (Å²) < 4.78 is 11.5. The maximum atomic E-state index is 12.6. The summed E-state index contributed by atoms with van der Waals surface area (Å²) in [5.74, 6) is 1.24. The third kappa shape index (κ3) is 5.58. The number of carbonyl (C=O) groups excluding carboxylic acids is 2. The first-order valence-corrected chi connectivity index (χ1v) is 10.0. The monoisotopic (exact) mass is 433 g/mol. The molecule has 0 spiro atoms. The first-order chi connectivity index (χ1) is 13.7. The normalized spacial score (nSPS) is 11.2. The first-order valence-electron chi connectivity index (χ1n) is 8.78. The molecular formula is C20H20ClN3O4S. The Morgan fingerprint density at radius 3 is 2.62 bits per heavy atom. The summed E-state index contributed by atoms with van der Waals surface area (Å²) >= 11 is 7.15. The molecule has 2 amide bonds. The third-order valence-corrected chi connectivity index (χ3v) is 4.89. The lowest BCUT2D eigenvalue weighted by Crippen LogP contribution is -2.42. The number of rotatable bonds is 7. The maximum absolute atomic E-state index is 12.6. The SMILES string of the molecule is CC(=O)NCc1ccc(-c2csc(NC(=O)C(C)(C)Oc3ccc(Cl)cc3)n2)o1. The Labute approximate surface area is 177 Å². The Kier molecular flexibility index (Phi) is 6.24. The van der Waals surface area contributed by atoms with Crippen LogP contribution in [-0.4, -0.2) is 22.4 Å². The number of anilines is 1. The first kappa shape index (κ1) is 20.9. The minimum Gasteiger partial charge on any atom is -0.478 e. The van der Waals surface area contributed by atoms with Gasteiger partial charge >= 0.3 is 0 Å². The van der Waals surface area contributed by atoms with Crippen LogP contribution in [0.5, 0.6) is 5.75 Å². The molecule has 0 aliphatic heterocycles. The number of halogens is 1. The third-order valence-electron chi connectivity index (χ3n) is 3.88. The van der Waals surface area contributed by atoms with E-state index in [0.717, 1.165) is 0 Å².